The molecule has 9 heteroatoms. The third-order valence-electron chi connectivity index (χ3n) is 1.56. The summed E-state index contributed by atoms with van der Waals surface area (Å²) in [6.45, 7) is 0. The maximum Gasteiger partial charge on any atom is 0.525 e. The van der Waals surface area contributed by atoms with Gasteiger partial charge in [-0.15, -0.1) is 4.28 Å². The van der Waals surface area contributed by atoms with Crippen molar-refractivity contribution in [3.63, 3.8) is 0 Å². The van der Waals surface area contributed by atoms with Crippen LogP contribution in [0.1, 0.15) is 10.4 Å². The van der Waals surface area contributed by atoms with E-state index in [-0.39, 0.29) is 5.56 Å². The molecule has 94 valence electrons. The Morgan fingerprint density at radius 3 is 2.18 bits per heavy atom. The van der Waals surface area contributed by atoms with Crippen LogP contribution in [0.3, 0.4) is 0 Å². The normalized spacial score (nSPS) is 12.2. The van der Waals surface area contributed by atoms with Crippen LogP contribution >= 0.6 is 0 Å². The summed E-state index contributed by atoms with van der Waals surface area (Å²) in [5.74, 6) is -1.10. The number of benzene rings is 1. The molecule has 5 nitrogen and oxygen atoms in total. The van der Waals surface area contributed by atoms with Crippen LogP contribution in [0, 0.1) is 0 Å². The van der Waals surface area contributed by atoms with Gasteiger partial charge in [0.2, 0.25) is 0 Å². The molecule has 0 aliphatic rings. The van der Waals surface area contributed by atoms with Gasteiger partial charge in [-0.2, -0.15) is 21.6 Å². The lowest BCUT2D eigenvalue weighted by Crippen LogP contribution is -2.34. The van der Waals surface area contributed by atoms with Gasteiger partial charge >= 0.3 is 15.6 Å². The third-order valence-corrected chi connectivity index (χ3v) is 2.43. The monoisotopic (exact) mass is 269 g/mol. The number of nitrogens with one attached hydrogen (secondary N) is 1. The zero-order valence-electron chi connectivity index (χ0n) is 8.06. The lowest BCUT2D eigenvalue weighted by Gasteiger charge is -2.08. The lowest BCUT2D eigenvalue weighted by molar-refractivity contribution is -0.0571. The summed E-state index contributed by atoms with van der Waals surface area (Å²) in [6, 6.07) is 7.03. The first-order valence-electron chi connectivity index (χ1n) is 4.09. The fraction of sp³-hybridized carbons (Fsp3) is 0.125. The van der Waals surface area contributed by atoms with E-state index >= 15 is 0 Å². The molecule has 0 saturated carbocycles. The standard InChI is InChI=1S/C8H6F3NO4S/c9-8(10,11)17(14,15)16-12-7(13)6-4-2-1-3-5-6/h1-5H,(H,12,13). The van der Waals surface area contributed by atoms with Crippen LogP contribution in [0.15, 0.2) is 30.3 Å². The number of amides is 1. The molecule has 17 heavy (non-hydrogen) atoms. The number of hydroxylamine groups is 1. The van der Waals surface area contributed by atoms with Crippen LogP contribution in [0.25, 0.3) is 0 Å². The van der Waals surface area contributed by atoms with E-state index in [1.54, 1.807) is 6.07 Å². The SMILES string of the molecule is O=C(NOS(=O)(=O)C(F)(F)F)c1ccccc1. The first-order chi connectivity index (χ1) is 7.74. The molecule has 0 atom stereocenters. The fourth-order valence-electron chi connectivity index (χ4n) is 0.788. The second-order valence-corrected chi connectivity index (χ2v) is 4.32. The molecule has 0 spiro atoms. The molecule has 0 radical (unpaired) electrons. The van der Waals surface area contributed by atoms with Crippen LogP contribution in [-0.2, 0) is 14.4 Å². The van der Waals surface area contributed by atoms with E-state index < -0.39 is 21.5 Å². The molecule has 1 N–H and O–H groups in total. The van der Waals surface area contributed by atoms with Crippen molar-refractivity contribution in [1.82, 2.24) is 5.48 Å². The lowest BCUT2D eigenvalue weighted by atomic mass is 10.2. The minimum atomic E-state index is -5.83. The van der Waals surface area contributed by atoms with Gasteiger partial charge in [0.25, 0.3) is 5.91 Å². The summed E-state index contributed by atoms with van der Waals surface area (Å²) < 4.78 is 59.7. The summed E-state index contributed by atoms with van der Waals surface area (Å²) in [7, 11) is -5.83. The van der Waals surface area contributed by atoms with Gasteiger partial charge in [-0.1, -0.05) is 18.2 Å². The maximum absolute atomic E-state index is 11.8. The molecular formula is C8H6F3NO4S. The highest BCUT2D eigenvalue weighted by Crippen LogP contribution is 2.23. The number of hydrogen-bond donors (Lipinski definition) is 1. The smallest absolute Gasteiger partial charge is 0.267 e. The predicted octanol–water partition coefficient (Wildman–Crippen LogP) is 1.20. The van der Waals surface area contributed by atoms with Crippen molar-refractivity contribution in [2.75, 3.05) is 0 Å². The Balaban J connectivity index is 2.68. The quantitative estimate of drug-likeness (QED) is 0.661. The Bertz CT molecular complexity index is 497. The zero-order chi connectivity index (χ0) is 13.1. The van der Waals surface area contributed by atoms with Crippen molar-refractivity contribution in [2.24, 2.45) is 0 Å². The van der Waals surface area contributed by atoms with E-state index in [2.05, 4.69) is 4.28 Å². The highest BCUT2D eigenvalue weighted by molar-refractivity contribution is 7.87. The summed E-state index contributed by atoms with van der Waals surface area (Å²) >= 11 is 0. The number of carbonyl (C=O) groups excluding carboxylic acids is 1. The molecule has 1 aromatic carbocycles. The molecule has 1 aromatic rings. The van der Waals surface area contributed by atoms with E-state index in [9.17, 15) is 26.4 Å². The summed E-state index contributed by atoms with van der Waals surface area (Å²) in [4.78, 5) is 11.2. The molecule has 0 fully saturated rings. The highest BCUT2D eigenvalue weighted by Gasteiger charge is 2.48. The Hall–Kier alpha value is -1.61. The van der Waals surface area contributed by atoms with Gasteiger partial charge in [0.1, 0.15) is 0 Å². The Morgan fingerprint density at radius 2 is 1.71 bits per heavy atom. The molecular weight excluding hydrogens is 263 g/mol. The first kappa shape index (κ1) is 13.5. The largest absolute Gasteiger partial charge is 0.525 e. The number of hydrogen-bond acceptors (Lipinski definition) is 4. The van der Waals surface area contributed by atoms with Crippen molar-refractivity contribution in [3.05, 3.63) is 35.9 Å². The molecule has 1 amide bonds. The average molecular weight is 269 g/mol. The highest BCUT2D eigenvalue weighted by atomic mass is 32.2. The van der Waals surface area contributed by atoms with E-state index in [1.165, 1.54) is 29.7 Å². The van der Waals surface area contributed by atoms with Gasteiger partial charge in [0, 0.05) is 5.56 Å². The minimum Gasteiger partial charge on any atom is -0.267 e. The third kappa shape index (κ3) is 3.43. The number of alkyl halides is 3. The Morgan fingerprint density at radius 1 is 1.18 bits per heavy atom. The molecule has 1 rings (SSSR count). The summed E-state index contributed by atoms with van der Waals surface area (Å²) in [5, 5.41) is 0. The molecule has 0 saturated heterocycles. The van der Waals surface area contributed by atoms with Gasteiger partial charge < -0.3 is 0 Å². The van der Waals surface area contributed by atoms with Crippen LogP contribution in [0.2, 0.25) is 0 Å². The van der Waals surface area contributed by atoms with E-state index in [4.69, 9.17) is 0 Å². The second kappa shape index (κ2) is 4.72. The minimum absolute atomic E-state index is 0.0372. The number of rotatable bonds is 3. The van der Waals surface area contributed by atoms with E-state index in [1.807, 2.05) is 0 Å². The number of halogens is 3. The van der Waals surface area contributed by atoms with Crippen molar-refractivity contribution >= 4 is 16.0 Å². The van der Waals surface area contributed by atoms with Crippen LogP contribution in [-0.4, -0.2) is 19.8 Å². The molecule has 0 aromatic heterocycles. The van der Waals surface area contributed by atoms with Crippen LogP contribution in [0.4, 0.5) is 13.2 Å². The second-order valence-electron chi connectivity index (χ2n) is 2.78. The topological polar surface area (TPSA) is 72.5 Å². The number of carbonyl (C=O) groups is 1. The fourth-order valence-corrected chi connectivity index (χ4v) is 1.07. The summed E-state index contributed by atoms with van der Waals surface area (Å²) in [5.41, 5.74) is -4.42. The molecule has 0 unspecified atom stereocenters. The van der Waals surface area contributed by atoms with Crippen molar-refractivity contribution in [3.8, 4) is 0 Å². The molecule has 0 heterocycles. The average Bonchev–Trinajstić information content (AvgIpc) is 2.25. The van der Waals surface area contributed by atoms with Crippen molar-refractivity contribution in [2.45, 2.75) is 5.51 Å². The maximum atomic E-state index is 11.8. The van der Waals surface area contributed by atoms with E-state index in [0.717, 1.165) is 0 Å². The first-order valence-corrected chi connectivity index (χ1v) is 5.50. The predicted molar refractivity (Wildman–Crippen MR) is 50.0 cm³/mol. The zero-order valence-corrected chi connectivity index (χ0v) is 8.88. The van der Waals surface area contributed by atoms with Gasteiger partial charge in [0.15, 0.2) is 0 Å². The van der Waals surface area contributed by atoms with Gasteiger partial charge in [-0.05, 0) is 12.1 Å². The van der Waals surface area contributed by atoms with Gasteiger partial charge in [-0.3, -0.25) is 4.79 Å². The van der Waals surface area contributed by atoms with Crippen molar-refractivity contribution in [1.29, 1.82) is 0 Å². The van der Waals surface area contributed by atoms with Crippen LogP contribution < -0.4 is 5.48 Å². The Kier molecular flexibility index (Phi) is 3.73. The van der Waals surface area contributed by atoms with Crippen molar-refractivity contribution < 1.29 is 30.7 Å². The van der Waals surface area contributed by atoms with Gasteiger partial charge in [0.05, 0.1) is 0 Å². The molecule has 0 aliphatic heterocycles. The van der Waals surface area contributed by atoms with Crippen LogP contribution in [0.5, 0.6) is 0 Å². The van der Waals surface area contributed by atoms with Gasteiger partial charge in [-0.25, -0.2) is 5.48 Å². The van der Waals surface area contributed by atoms with E-state index in [0.29, 0.717) is 0 Å². The molecule has 0 bridgehead atoms. The Labute approximate surface area is 94.3 Å². The summed E-state index contributed by atoms with van der Waals surface area (Å²) in [6.07, 6.45) is 0. The molecule has 0 aliphatic carbocycles.